The monoisotopic (exact) mass is 182 g/mol. The van der Waals surface area contributed by atoms with Gasteiger partial charge in [-0.05, 0) is 6.92 Å². The Hall–Kier alpha value is -1.54. The van der Waals surface area contributed by atoms with Crippen LogP contribution in [0.25, 0.3) is 0 Å². The van der Waals surface area contributed by atoms with Crippen molar-refractivity contribution in [3.8, 4) is 0 Å². The van der Waals surface area contributed by atoms with Crippen molar-refractivity contribution in [2.45, 2.75) is 14.4 Å². The van der Waals surface area contributed by atoms with Crippen LogP contribution in [0.5, 0.6) is 0 Å². The van der Waals surface area contributed by atoms with Crippen molar-refractivity contribution in [1.82, 2.24) is 10.7 Å². The summed E-state index contributed by atoms with van der Waals surface area (Å²) in [4.78, 5) is 4.05. The van der Waals surface area contributed by atoms with Gasteiger partial charge in [0.2, 0.25) is 5.96 Å². The number of aliphatic imine (C=N–C) groups is 1. The number of nitrogens with zero attached hydrogens (tertiary/aromatic N) is 2. The molecule has 0 aromatic heterocycles. The van der Waals surface area contributed by atoms with Gasteiger partial charge in [0.05, 0.1) is 6.54 Å². The minimum absolute atomic E-state index is 0. The minimum Gasteiger partial charge on any atom is -0.353 e. The van der Waals surface area contributed by atoms with E-state index in [0.717, 1.165) is 19.0 Å². The molecule has 1 aliphatic heterocycles. The predicted octanol–water partition coefficient (Wildman–Crippen LogP) is 1.13. The van der Waals surface area contributed by atoms with Crippen molar-refractivity contribution in [3.63, 3.8) is 0 Å². The number of hydrogen-bond acceptors (Lipinski definition) is 4. The molecule has 0 aromatic carbocycles. The minimum atomic E-state index is 0. The zero-order chi connectivity index (χ0) is 9.23. The maximum Gasteiger partial charge on any atom is 0.212 e. The topological polar surface area (TPSA) is 48.8 Å². The molecule has 1 heterocycles. The first-order valence-electron chi connectivity index (χ1n) is 3.66. The van der Waals surface area contributed by atoms with Gasteiger partial charge < -0.3 is 5.32 Å². The third-order valence-corrected chi connectivity index (χ3v) is 0.974. The second-order valence-electron chi connectivity index (χ2n) is 1.91. The van der Waals surface area contributed by atoms with Crippen molar-refractivity contribution >= 4 is 12.2 Å². The van der Waals surface area contributed by atoms with Crippen LogP contribution in [0.1, 0.15) is 14.4 Å². The van der Waals surface area contributed by atoms with Gasteiger partial charge in [0, 0.05) is 12.8 Å². The molecule has 4 nitrogen and oxygen atoms in total. The molecule has 0 spiro atoms. The summed E-state index contributed by atoms with van der Waals surface area (Å²) in [5.74, 6) is 0.771. The Morgan fingerprint density at radius 3 is 2.69 bits per heavy atom. The van der Waals surface area contributed by atoms with Crippen LogP contribution in [-0.4, -0.2) is 25.3 Å². The first-order chi connectivity index (χ1) is 5.85. The lowest BCUT2D eigenvalue weighted by atomic mass is 10.7. The van der Waals surface area contributed by atoms with Gasteiger partial charge in [-0.2, -0.15) is 5.10 Å². The van der Waals surface area contributed by atoms with E-state index in [4.69, 9.17) is 0 Å². The summed E-state index contributed by atoms with van der Waals surface area (Å²) < 4.78 is 0. The summed E-state index contributed by atoms with van der Waals surface area (Å²) in [5, 5.41) is 6.80. The SMILES string of the molecule is C.C/C=N/NC1=NCCN1.C=C=C. The van der Waals surface area contributed by atoms with Crippen LogP contribution in [0.15, 0.2) is 29.0 Å². The standard InChI is InChI=1S/C5H10N4.C3H4.CH4/c1-2-8-9-5-6-3-4-7-5;1-3-2;/h2H,3-4H2,1H3,(H2,6,7,9);1-2H2;1H4/b8-2+;;. The van der Waals surface area contributed by atoms with Crippen LogP contribution >= 0.6 is 0 Å². The van der Waals surface area contributed by atoms with Crippen molar-refractivity contribution in [2.24, 2.45) is 10.1 Å². The number of guanidine groups is 1. The molecule has 0 bridgehead atoms. The van der Waals surface area contributed by atoms with Crippen molar-refractivity contribution in [2.75, 3.05) is 13.1 Å². The van der Waals surface area contributed by atoms with Gasteiger partial charge in [-0.15, -0.1) is 5.73 Å². The molecule has 0 aliphatic carbocycles. The normalized spacial score (nSPS) is 12.8. The molecular weight excluding hydrogens is 164 g/mol. The zero-order valence-corrected chi connectivity index (χ0v) is 7.30. The molecule has 2 N–H and O–H groups in total. The van der Waals surface area contributed by atoms with Crippen LogP contribution in [0.3, 0.4) is 0 Å². The van der Waals surface area contributed by atoms with Gasteiger partial charge in [-0.1, -0.05) is 20.6 Å². The number of hydrogen-bond donors (Lipinski definition) is 2. The van der Waals surface area contributed by atoms with Crippen LogP contribution in [0.2, 0.25) is 0 Å². The lowest BCUT2D eigenvalue weighted by Gasteiger charge is -1.96. The van der Waals surface area contributed by atoms with E-state index in [1.807, 2.05) is 6.92 Å². The van der Waals surface area contributed by atoms with Crippen molar-refractivity contribution in [3.05, 3.63) is 18.9 Å². The largest absolute Gasteiger partial charge is 0.353 e. The Balaban J connectivity index is 0. The van der Waals surface area contributed by atoms with E-state index in [9.17, 15) is 0 Å². The lowest BCUT2D eigenvalue weighted by Crippen LogP contribution is -2.29. The van der Waals surface area contributed by atoms with Crippen LogP contribution in [0, 0.1) is 0 Å². The molecule has 13 heavy (non-hydrogen) atoms. The van der Waals surface area contributed by atoms with Crippen molar-refractivity contribution in [1.29, 1.82) is 0 Å². The first-order valence-corrected chi connectivity index (χ1v) is 3.66. The molecule has 0 saturated carbocycles. The first kappa shape index (κ1) is 14.0. The highest BCUT2D eigenvalue weighted by Gasteiger charge is 2.00. The van der Waals surface area contributed by atoms with E-state index in [-0.39, 0.29) is 7.43 Å². The average molecular weight is 182 g/mol. The van der Waals surface area contributed by atoms with Gasteiger partial charge in [-0.25, -0.2) is 10.4 Å². The maximum absolute atomic E-state index is 4.05. The second kappa shape index (κ2) is 10.5. The molecule has 0 atom stereocenters. The zero-order valence-electron chi connectivity index (χ0n) is 7.30. The fourth-order valence-electron chi connectivity index (χ4n) is 0.598. The molecule has 0 radical (unpaired) electrons. The van der Waals surface area contributed by atoms with E-state index in [1.165, 1.54) is 0 Å². The maximum atomic E-state index is 4.05. The molecule has 0 unspecified atom stereocenters. The number of rotatable bonds is 1. The summed E-state index contributed by atoms with van der Waals surface area (Å²) >= 11 is 0. The van der Waals surface area contributed by atoms with Crippen LogP contribution in [-0.2, 0) is 0 Å². The Morgan fingerprint density at radius 1 is 1.69 bits per heavy atom. The van der Waals surface area contributed by atoms with E-state index in [1.54, 1.807) is 6.21 Å². The molecule has 74 valence electrons. The Morgan fingerprint density at radius 2 is 2.31 bits per heavy atom. The molecular formula is C9H18N4. The molecule has 0 fully saturated rings. The molecule has 4 heteroatoms. The van der Waals surface area contributed by atoms with Crippen LogP contribution in [0.4, 0.5) is 0 Å². The van der Waals surface area contributed by atoms with Gasteiger partial charge in [0.15, 0.2) is 0 Å². The van der Waals surface area contributed by atoms with E-state index < -0.39 is 0 Å². The molecule has 1 rings (SSSR count). The van der Waals surface area contributed by atoms with Gasteiger partial charge in [-0.3, -0.25) is 0 Å². The highest BCUT2D eigenvalue weighted by atomic mass is 15.4. The number of hydrazone groups is 1. The molecule has 1 aliphatic rings. The highest BCUT2D eigenvalue weighted by molar-refractivity contribution is 5.81. The summed E-state index contributed by atoms with van der Waals surface area (Å²) in [6, 6.07) is 0. The predicted molar refractivity (Wildman–Crippen MR) is 59.1 cm³/mol. The van der Waals surface area contributed by atoms with E-state index in [2.05, 4.69) is 39.7 Å². The summed E-state index contributed by atoms with van der Waals surface area (Å²) in [6.45, 7) is 9.87. The highest BCUT2D eigenvalue weighted by Crippen LogP contribution is 1.79. The second-order valence-corrected chi connectivity index (χ2v) is 1.91. The Labute approximate surface area is 80.1 Å². The van der Waals surface area contributed by atoms with Gasteiger partial charge >= 0.3 is 0 Å². The average Bonchev–Trinajstić information content (AvgIpc) is 2.54. The van der Waals surface area contributed by atoms with Crippen molar-refractivity contribution < 1.29 is 0 Å². The third kappa shape index (κ3) is 8.37. The smallest absolute Gasteiger partial charge is 0.212 e. The summed E-state index contributed by atoms with van der Waals surface area (Å²) in [6.07, 6.45) is 1.68. The fourth-order valence-corrected chi connectivity index (χ4v) is 0.598. The number of nitrogens with one attached hydrogen (secondary N) is 2. The van der Waals surface area contributed by atoms with Crippen LogP contribution < -0.4 is 10.7 Å². The third-order valence-electron chi connectivity index (χ3n) is 0.974. The van der Waals surface area contributed by atoms with E-state index >= 15 is 0 Å². The Kier molecular flexibility index (Phi) is 11.3. The summed E-state index contributed by atoms with van der Waals surface area (Å²) in [7, 11) is 0. The van der Waals surface area contributed by atoms with E-state index in [0.29, 0.717) is 0 Å². The quantitative estimate of drug-likeness (QED) is 0.363. The molecule has 0 saturated heterocycles. The summed E-state index contributed by atoms with van der Waals surface area (Å²) in [5.41, 5.74) is 4.99. The Bertz CT molecular complexity index is 200. The lowest BCUT2D eigenvalue weighted by molar-refractivity contribution is 0.919. The van der Waals surface area contributed by atoms with Gasteiger partial charge in [0.1, 0.15) is 0 Å². The molecule has 0 aromatic rings. The fraction of sp³-hybridized carbons (Fsp3) is 0.444. The van der Waals surface area contributed by atoms with Gasteiger partial charge in [0.25, 0.3) is 0 Å². The molecule has 0 amide bonds.